The van der Waals surface area contributed by atoms with Crippen LogP contribution in [0.1, 0.15) is 26.7 Å². The SMILES string of the molecule is CC1(C)C(=O)CCCN1c1ccc2c(c1)OCO2. The molecule has 1 aromatic rings. The number of rotatable bonds is 1. The van der Waals surface area contributed by atoms with Crippen LogP contribution < -0.4 is 14.4 Å². The van der Waals surface area contributed by atoms with Crippen LogP contribution in [0.3, 0.4) is 0 Å². The number of fused-ring (bicyclic) bond motifs is 1. The highest BCUT2D eigenvalue weighted by Crippen LogP contribution is 2.38. The second kappa shape index (κ2) is 3.90. The van der Waals surface area contributed by atoms with Crippen LogP contribution in [-0.4, -0.2) is 24.7 Å². The molecule has 0 atom stereocenters. The molecule has 0 spiro atoms. The van der Waals surface area contributed by atoms with Gasteiger partial charge in [-0.15, -0.1) is 0 Å². The summed E-state index contributed by atoms with van der Waals surface area (Å²) >= 11 is 0. The first-order valence-electron chi connectivity index (χ1n) is 6.29. The van der Waals surface area contributed by atoms with Gasteiger partial charge in [0.2, 0.25) is 6.79 Å². The van der Waals surface area contributed by atoms with Gasteiger partial charge in [0.25, 0.3) is 0 Å². The van der Waals surface area contributed by atoms with Crippen molar-refractivity contribution in [1.82, 2.24) is 0 Å². The molecule has 96 valence electrons. The number of ketones is 1. The predicted molar refractivity (Wildman–Crippen MR) is 68.2 cm³/mol. The Balaban J connectivity index is 1.96. The summed E-state index contributed by atoms with van der Waals surface area (Å²) in [7, 11) is 0. The van der Waals surface area contributed by atoms with Gasteiger partial charge in [-0.3, -0.25) is 4.79 Å². The molecule has 18 heavy (non-hydrogen) atoms. The third kappa shape index (κ3) is 1.64. The van der Waals surface area contributed by atoms with Crippen molar-refractivity contribution in [3.63, 3.8) is 0 Å². The molecule has 4 nitrogen and oxygen atoms in total. The van der Waals surface area contributed by atoms with E-state index in [0.717, 1.165) is 30.2 Å². The number of piperidine rings is 1. The summed E-state index contributed by atoms with van der Waals surface area (Å²) in [5.74, 6) is 1.84. The van der Waals surface area contributed by atoms with Crippen molar-refractivity contribution in [2.75, 3.05) is 18.2 Å². The van der Waals surface area contributed by atoms with E-state index >= 15 is 0 Å². The molecule has 0 aliphatic carbocycles. The van der Waals surface area contributed by atoms with Gasteiger partial charge in [-0.25, -0.2) is 0 Å². The highest BCUT2D eigenvalue weighted by molar-refractivity contribution is 5.92. The lowest BCUT2D eigenvalue weighted by Gasteiger charge is -2.42. The van der Waals surface area contributed by atoms with Gasteiger partial charge in [0.15, 0.2) is 17.3 Å². The first-order chi connectivity index (χ1) is 8.59. The number of hydrogen-bond donors (Lipinski definition) is 0. The maximum Gasteiger partial charge on any atom is 0.231 e. The van der Waals surface area contributed by atoms with Crippen molar-refractivity contribution in [3.8, 4) is 11.5 Å². The van der Waals surface area contributed by atoms with Crippen molar-refractivity contribution in [1.29, 1.82) is 0 Å². The third-order valence-electron chi connectivity index (χ3n) is 3.81. The summed E-state index contributed by atoms with van der Waals surface area (Å²) in [6.07, 6.45) is 1.59. The molecule has 1 fully saturated rings. The first-order valence-corrected chi connectivity index (χ1v) is 6.29. The minimum atomic E-state index is -0.439. The first kappa shape index (κ1) is 11.4. The average molecular weight is 247 g/mol. The van der Waals surface area contributed by atoms with Crippen molar-refractivity contribution < 1.29 is 14.3 Å². The standard InChI is InChI=1S/C14H17NO3/c1-14(2)13(16)4-3-7-15(14)10-5-6-11-12(8-10)18-9-17-11/h5-6,8H,3-4,7,9H2,1-2H3. The molecule has 0 saturated carbocycles. The van der Waals surface area contributed by atoms with Gasteiger partial charge in [0.1, 0.15) is 0 Å². The lowest BCUT2D eigenvalue weighted by atomic mass is 9.88. The Morgan fingerprint density at radius 2 is 2.00 bits per heavy atom. The summed E-state index contributed by atoms with van der Waals surface area (Å²) < 4.78 is 10.7. The van der Waals surface area contributed by atoms with Crippen LogP contribution >= 0.6 is 0 Å². The topological polar surface area (TPSA) is 38.8 Å². The lowest BCUT2D eigenvalue weighted by Crippen LogP contribution is -2.54. The second-order valence-electron chi connectivity index (χ2n) is 5.27. The molecule has 1 saturated heterocycles. The van der Waals surface area contributed by atoms with Crippen molar-refractivity contribution >= 4 is 11.5 Å². The lowest BCUT2D eigenvalue weighted by molar-refractivity contribution is -0.124. The molecule has 2 heterocycles. The number of carbonyl (C=O) groups excluding carboxylic acids is 1. The maximum atomic E-state index is 12.0. The van der Waals surface area contributed by atoms with Crippen LogP contribution in [0.15, 0.2) is 18.2 Å². The largest absolute Gasteiger partial charge is 0.454 e. The summed E-state index contributed by atoms with van der Waals surface area (Å²) in [5.41, 5.74) is 0.587. The van der Waals surface area contributed by atoms with E-state index in [-0.39, 0.29) is 6.79 Å². The Morgan fingerprint density at radius 1 is 1.22 bits per heavy atom. The zero-order chi connectivity index (χ0) is 12.8. The predicted octanol–water partition coefficient (Wildman–Crippen LogP) is 2.36. The summed E-state index contributed by atoms with van der Waals surface area (Å²) in [5, 5.41) is 0. The van der Waals surface area contributed by atoms with Crippen LogP contribution in [0.25, 0.3) is 0 Å². The second-order valence-corrected chi connectivity index (χ2v) is 5.27. The van der Waals surface area contributed by atoms with Gasteiger partial charge in [0.05, 0.1) is 5.54 Å². The molecule has 0 bridgehead atoms. The molecule has 0 aromatic heterocycles. The van der Waals surface area contributed by atoms with Gasteiger partial charge in [-0.2, -0.15) is 0 Å². The van der Waals surface area contributed by atoms with E-state index in [1.165, 1.54) is 0 Å². The van der Waals surface area contributed by atoms with Crippen LogP contribution in [0.2, 0.25) is 0 Å². The van der Waals surface area contributed by atoms with Crippen molar-refractivity contribution in [2.45, 2.75) is 32.2 Å². The molecule has 1 aromatic carbocycles. The van der Waals surface area contributed by atoms with Gasteiger partial charge >= 0.3 is 0 Å². The number of ether oxygens (including phenoxy) is 2. The Morgan fingerprint density at radius 3 is 2.83 bits per heavy atom. The number of nitrogens with zero attached hydrogens (tertiary/aromatic N) is 1. The molecular weight excluding hydrogens is 230 g/mol. The molecular formula is C14H17NO3. The normalized spacial score (nSPS) is 21.2. The summed E-state index contributed by atoms with van der Waals surface area (Å²) in [6.45, 7) is 5.15. The number of Topliss-reactive ketones (excluding diaryl/α,β-unsaturated/α-hetero) is 1. The number of benzene rings is 1. The van der Waals surface area contributed by atoms with Gasteiger partial charge < -0.3 is 14.4 Å². The zero-order valence-corrected chi connectivity index (χ0v) is 10.7. The monoisotopic (exact) mass is 247 g/mol. The minimum absolute atomic E-state index is 0.279. The van der Waals surface area contributed by atoms with Crippen molar-refractivity contribution in [3.05, 3.63) is 18.2 Å². The third-order valence-corrected chi connectivity index (χ3v) is 3.81. The molecule has 2 aliphatic rings. The molecule has 0 N–H and O–H groups in total. The number of hydrogen-bond acceptors (Lipinski definition) is 4. The summed E-state index contributed by atoms with van der Waals surface area (Å²) in [4.78, 5) is 14.2. The fourth-order valence-corrected chi connectivity index (χ4v) is 2.64. The fraction of sp³-hybridized carbons (Fsp3) is 0.500. The van der Waals surface area contributed by atoms with E-state index in [9.17, 15) is 4.79 Å². The molecule has 4 heteroatoms. The minimum Gasteiger partial charge on any atom is -0.454 e. The van der Waals surface area contributed by atoms with Crippen LogP contribution in [-0.2, 0) is 4.79 Å². The van der Waals surface area contributed by atoms with E-state index in [4.69, 9.17) is 9.47 Å². The maximum absolute atomic E-state index is 12.0. The highest BCUT2D eigenvalue weighted by atomic mass is 16.7. The summed E-state index contributed by atoms with van der Waals surface area (Å²) in [6, 6.07) is 5.86. The van der Waals surface area contributed by atoms with Crippen LogP contribution in [0.5, 0.6) is 11.5 Å². The van der Waals surface area contributed by atoms with E-state index < -0.39 is 5.54 Å². The van der Waals surface area contributed by atoms with Crippen molar-refractivity contribution in [2.24, 2.45) is 0 Å². The van der Waals surface area contributed by atoms with E-state index in [1.54, 1.807) is 0 Å². The number of anilines is 1. The Bertz CT molecular complexity index is 496. The van der Waals surface area contributed by atoms with E-state index in [2.05, 4.69) is 4.90 Å². The molecule has 0 amide bonds. The van der Waals surface area contributed by atoms with E-state index in [1.807, 2.05) is 32.0 Å². The van der Waals surface area contributed by atoms with Crippen LogP contribution in [0.4, 0.5) is 5.69 Å². The Hall–Kier alpha value is -1.71. The quantitative estimate of drug-likeness (QED) is 0.763. The average Bonchev–Trinajstić information content (AvgIpc) is 2.79. The van der Waals surface area contributed by atoms with Crippen LogP contribution in [0, 0.1) is 0 Å². The Labute approximate surface area is 106 Å². The number of carbonyl (C=O) groups is 1. The van der Waals surface area contributed by atoms with Gasteiger partial charge in [-0.1, -0.05) is 0 Å². The molecule has 2 aliphatic heterocycles. The zero-order valence-electron chi connectivity index (χ0n) is 10.7. The van der Waals surface area contributed by atoms with Gasteiger partial charge in [0, 0.05) is 24.7 Å². The molecule has 0 unspecified atom stereocenters. The highest BCUT2D eigenvalue weighted by Gasteiger charge is 2.37. The van der Waals surface area contributed by atoms with Gasteiger partial charge in [-0.05, 0) is 32.4 Å². The smallest absolute Gasteiger partial charge is 0.231 e. The molecule has 0 radical (unpaired) electrons. The van der Waals surface area contributed by atoms with E-state index in [0.29, 0.717) is 12.2 Å². The fourth-order valence-electron chi connectivity index (χ4n) is 2.64. The Kier molecular flexibility index (Phi) is 2.47. The molecule has 3 rings (SSSR count).